The predicted molar refractivity (Wildman–Crippen MR) is 101 cm³/mol. The van der Waals surface area contributed by atoms with Crippen LogP contribution in [0.1, 0.15) is 5.82 Å². The molecule has 0 bridgehead atoms. The van der Waals surface area contributed by atoms with Gasteiger partial charge in [-0.2, -0.15) is 0 Å². The van der Waals surface area contributed by atoms with Crippen molar-refractivity contribution in [2.75, 3.05) is 4.72 Å². The van der Waals surface area contributed by atoms with Gasteiger partial charge in [0.25, 0.3) is 10.0 Å². The Morgan fingerprint density at radius 1 is 1.20 bits per heavy atom. The summed E-state index contributed by atoms with van der Waals surface area (Å²) in [6.07, 6.45) is 1.43. The van der Waals surface area contributed by atoms with Gasteiger partial charge in [0.15, 0.2) is 0 Å². The van der Waals surface area contributed by atoms with E-state index in [1.807, 2.05) is 24.3 Å². The van der Waals surface area contributed by atoms with E-state index in [0.29, 0.717) is 17.3 Å². The number of benzene rings is 1. The van der Waals surface area contributed by atoms with E-state index in [1.54, 1.807) is 18.5 Å². The summed E-state index contributed by atoms with van der Waals surface area (Å²) in [6.45, 7) is 1.80. The van der Waals surface area contributed by atoms with Crippen LogP contribution in [0.4, 0.5) is 5.82 Å². The molecule has 9 heteroatoms. The molecule has 0 fully saturated rings. The third-order valence-corrected chi connectivity index (χ3v) is 5.99. The van der Waals surface area contributed by atoms with E-state index in [9.17, 15) is 8.42 Å². The minimum atomic E-state index is -3.91. The molecule has 0 aliphatic rings. The summed E-state index contributed by atoms with van der Waals surface area (Å²) in [4.78, 5) is 8.22. The third-order valence-electron chi connectivity index (χ3n) is 3.68. The second kappa shape index (κ2) is 6.78. The van der Waals surface area contributed by atoms with Crippen molar-refractivity contribution in [3.63, 3.8) is 0 Å². The van der Waals surface area contributed by atoms with E-state index in [0.717, 1.165) is 10.0 Å². The fourth-order valence-corrected chi connectivity index (χ4v) is 4.11. The molecule has 0 unspecified atom stereocenters. The van der Waals surface area contributed by atoms with Crippen LogP contribution >= 0.6 is 27.5 Å². The highest BCUT2D eigenvalue weighted by molar-refractivity contribution is 9.10. The molecular formula is C16H14BrClN4O2S. The molecule has 0 spiro atoms. The van der Waals surface area contributed by atoms with Gasteiger partial charge in [0.05, 0.1) is 0 Å². The smallest absolute Gasteiger partial charge is 0.266 e. The van der Waals surface area contributed by atoms with Crippen LogP contribution in [0.3, 0.4) is 0 Å². The number of aryl methyl sites for hydroxylation is 1. The molecule has 0 aliphatic heterocycles. The zero-order valence-corrected chi connectivity index (χ0v) is 16.5. The first kappa shape index (κ1) is 17.9. The van der Waals surface area contributed by atoms with Crippen LogP contribution in [-0.2, 0) is 17.1 Å². The van der Waals surface area contributed by atoms with Gasteiger partial charge in [0, 0.05) is 23.3 Å². The standard InChI is InChI=1S/C16H14BrClN4O2S/c1-10-20-14(11-5-7-12(17)8-6-11)16(22(10)2)21-25(23,24)13-4-3-9-19-15(13)18/h3-9,21H,1-2H3. The van der Waals surface area contributed by atoms with E-state index < -0.39 is 10.0 Å². The van der Waals surface area contributed by atoms with E-state index in [1.165, 1.54) is 18.3 Å². The second-order valence-corrected chi connectivity index (χ2v) is 8.24. The Kier molecular flexibility index (Phi) is 4.86. The number of pyridine rings is 1. The number of hydrogen-bond donors (Lipinski definition) is 1. The van der Waals surface area contributed by atoms with Crippen molar-refractivity contribution in [1.29, 1.82) is 0 Å². The summed E-state index contributed by atoms with van der Waals surface area (Å²) in [5.74, 6) is 1.03. The Morgan fingerprint density at radius 2 is 1.88 bits per heavy atom. The highest BCUT2D eigenvalue weighted by Gasteiger charge is 2.23. The normalized spacial score (nSPS) is 11.5. The number of anilines is 1. The lowest BCUT2D eigenvalue weighted by atomic mass is 10.1. The van der Waals surface area contributed by atoms with Crippen molar-refractivity contribution in [2.24, 2.45) is 7.05 Å². The molecule has 25 heavy (non-hydrogen) atoms. The number of imidazole rings is 1. The Balaban J connectivity index is 2.09. The van der Waals surface area contributed by atoms with Crippen molar-refractivity contribution in [2.45, 2.75) is 11.8 Å². The van der Waals surface area contributed by atoms with Gasteiger partial charge < -0.3 is 4.57 Å². The highest BCUT2D eigenvalue weighted by Crippen LogP contribution is 2.31. The number of halogens is 2. The van der Waals surface area contributed by atoms with Gasteiger partial charge in [-0.3, -0.25) is 4.72 Å². The molecule has 0 saturated heterocycles. The third kappa shape index (κ3) is 3.56. The van der Waals surface area contributed by atoms with Gasteiger partial charge >= 0.3 is 0 Å². The van der Waals surface area contributed by atoms with Crippen molar-refractivity contribution in [1.82, 2.24) is 14.5 Å². The highest BCUT2D eigenvalue weighted by atomic mass is 79.9. The average Bonchev–Trinajstić information content (AvgIpc) is 2.84. The zero-order chi connectivity index (χ0) is 18.2. The maximum absolute atomic E-state index is 12.7. The number of aromatic nitrogens is 3. The quantitative estimate of drug-likeness (QED) is 0.621. The molecule has 2 aromatic heterocycles. The summed E-state index contributed by atoms with van der Waals surface area (Å²) in [6, 6.07) is 10.4. The summed E-state index contributed by atoms with van der Waals surface area (Å²) in [5.41, 5.74) is 1.33. The van der Waals surface area contributed by atoms with Crippen LogP contribution < -0.4 is 4.72 Å². The summed E-state index contributed by atoms with van der Waals surface area (Å²) in [7, 11) is -2.16. The van der Waals surface area contributed by atoms with Crippen molar-refractivity contribution >= 4 is 43.4 Å². The molecule has 6 nitrogen and oxygen atoms in total. The lowest BCUT2D eigenvalue weighted by Gasteiger charge is -2.11. The van der Waals surface area contributed by atoms with Crippen LogP contribution in [0.5, 0.6) is 0 Å². The molecular weight excluding hydrogens is 428 g/mol. The molecule has 130 valence electrons. The molecule has 3 aromatic rings. The first-order valence-corrected chi connectivity index (χ1v) is 9.87. The Morgan fingerprint density at radius 3 is 2.52 bits per heavy atom. The van der Waals surface area contributed by atoms with Crippen LogP contribution in [0.15, 0.2) is 52.0 Å². The Labute approximate surface area is 159 Å². The van der Waals surface area contributed by atoms with Crippen molar-refractivity contribution in [3.8, 4) is 11.3 Å². The Hall–Kier alpha value is -1.90. The van der Waals surface area contributed by atoms with Gasteiger partial charge in [0.1, 0.15) is 27.4 Å². The van der Waals surface area contributed by atoms with Crippen LogP contribution in [0, 0.1) is 6.92 Å². The second-order valence-electron chi connectivity index (χ2n) is 5.32. The summed E-state index contributed by atoms with van der Waals surface area (Å²) < 4.78 is 30.7. The van der Waals surface area contributed by atoms with Gasteiger partial charge in [-0.15, -0.1) is 0 Å². The minimum Gasteiger partial charge on any atom is -0.317 e. The molecule has 0 radical (unpaired) electrons. The molecule has 1 N–H and O–H groups in total. The lowest BCUT2D eigenvalue weighted by molar-refractivity contribution is 0.600. The number of sulfonamides is 1. The maximum Gasteiger partial charge on any atom is 0.266 e. The monoisotopic (exact) mass is 440 g/mol. The molecule has 0 saturated carbocycles. The number of rotatable bonds is 4. The minimum absolute atomic E-state index is 0.0842. The van der Waals surface area contributed by atoms with E-state index in [2.05, 4.69) is 30.6 Å². The van der Waals surface area contributed by atoms with Gasteiger partial charge in [-0.25, -0.2) is 18.4 Å². The van der Waals surface area contributed by atoms with Gasteiger partial charge in [0.2, 0.25) is 0 Å². The van der Waals surface area contributed by atoms with E-state index >= 15 is 0 Å². The van der Waals surface area contributed by atoms with Crippen molar-refractivity contribution < 1.29 is 8.42 Å². The van der Waals surface area contributed by atoms with Gasteiger partial charge in [-0.1, -0.05) is 39.7 Å². The van der Waals surface area contributed by atoms with Crippen molar-refractivity contribution in [3.05, 3.63) is 58.0 Å². The number of nitrogens with one attached hydrogen (secondary N) is 1. The maximum atomic E-state index is 12.7. The molecule has 3 rings (SSSR count). The molecule has 2 heterocycles. The Bertz CT molecular complexity index is 1030. The van der Waals surface area contributed by atoms with E-state index in [-0.39, 0.29) is 10.0 Å². The fourth-order valence-electron chi connectivity index (χ4n) is 2.29. The lowest BCUT2D eigenvalue weighted by Crippen LogP contribution is -2.16. The van der Waals surface area contributed by atoms with Crippen LogP contribution in [-0.4, -0.2) is 23.0 Å². The SMILES string of the molecule is Cc1nc(-c2ccc(Br)cc2)c(NS(=O)(=O)c2cccnc2Cl)n1C. The van der Waals surface area contributed by atoms with E-state index in [4.69, 9.17) is 11.6 Å². The van der Waals surface area contributed by atoms with Gasteiger partial charge in [-0.05, 0) is 31.2 Å². The molecule has 0 atom stereocenters. The first-order chi connectivity index (χ1) is 11.8. The topological polar surface area (TPSA) is 76.9 Å². The first-order valence-electron chi connectivity index (χ1n) is 7.22. The molecule has 0 aliphatic carbocycles. The number of nitrogens with zero attached hydrogens (tertiary/aromatic N) is 3. The molecule has 1 aromatic carbocycles. The average molecular weight is 442 g/mol. The zero-order valence-electron chi connectivity index (χ0n) is 13.4. The largest absolute Gasteiger partial charge is 0.317 e. The predicted octanol–water partition coefficient (Wildman–Crippen LogP) is 4.01. The summed E-state index contributed by atoms with van der Waals surface area (Å²) >= 11 is 9.32. The van der Waals surface area contributed by atoms with Crippen LogP contribution in [0.2, 0.25) is 5.15 Å². The summed E-state index contributed by atoms with van der Waals surface area (Å²) in [5, 5.41) is -0.0842. The van der Waals surface area contributed by atoms with Crippen LogP contribution in [0.25, 0.3) is 11.3 Å². The molecule has 0 amide bonds. The number of hydrogen-bond acceptors (Lipinski definition) is 4. The fraction of sp³-hybridized carbons (Fsp3) is 0.125.